The highest BCUT2D eigenvalue weighted by Gasteiger charge is 2.74. The lowest BCUT2D eigenvalue weighted by Gasteiger charge is -2.43. The average Bonchev–Trinajstić information content (AvgIpc) is 3.22. The molecule has 3 saturated carbocycles. The number of nitrogens with one attached hydrogen (secondary N) is 1. The number of aliphatic hydroxyl groups excluding tert-OH is 2. The van der Waals surface area contributed by atoms with Gasteiger partial charge in [0.05, 0.1) is 38.0 Å². The highest BCUT2D eigenvalue weighted by molar-refractivity contribution is 8.44. The first-order valence-electron chi connectivity index (χ1n) is 14.8. The first-order valence-corrected chi connectivity index (χ1v) is 19.0. The number of H-pyrrole nitrogens is 1. The summed E-state index contributed by atoms with van der Waals surface area (Å²) in [5.41, 5.74) is 7.45. The molecular formula is C25H32N10O10P2S. The number of nitrogen functional groups attached to an aromatic ring is 2. The topological polar surface area (TPSA) is 291 Å². The molecular weight excluding hydrogens is 694 g/mol. The zero-order chi connectivity index (χ0) is 34.2. The van der Waals surface area contributed by atoms with E-state index in [1.165, 1.54) is 30.5 Å². The third-order valence-corrected chi connectivity index (χ3v) is 13.4. The Bertz CT molecular complexity index is 2150. The monoisotopic (exact) mass is 726 g/mol. The molecule has 0 radical (unpaired) electrons. The van der Waals surface area contributed by atoms with E-state index in [0.717, 1.165) is 0 Å². The van der Waals surface area contributed by atoms with Crippen LogP contribution in [-0.4, -0.2) is 91.3 Å². The number of thiol groups is 1. The Kier molecular flexibility index (Phi) is 6.91. The van der Waals surface area contributed by atoms with E-state index in [2.05, 4.69) is 42.2 Å². The molecule has 4 aromatic rings. The maximum atomic E-state index is 13.9. The number of aliphatic hydroxyl groups is 2. The lowest BCUT2D eigenvalue weighted by atomic mass is 9.77. The minimum Gasteiger partial charge on any atom is -0.388 e. The van der Waals surface area contributed by atoms with Crippen LogP contribution in [0.15, 0.2) is 23.8 Å². The van der Waals surface area contributed by atoms with Crippen LogP contribution in [0.5, 0.6) is 0 Å². The van der Waals surface area contributed by atoms with Gasteiger partial charge in [0.1, 0.15) is 35.8 Å². The van der Waals surface area contributed by atoms with E-state index in [-0.39, 0.29) is 29.4 Å². The molecule has 0 bridgehead atoms. The van der Waals surface area contributed by atoms with Gasteiger partial charge in [0.15, 0.2) is 22.6 Å². The number of anilines is 2. The van der Waals surface area contributed by atoms with Crippen molar-refractivity contribution < 1.29 is 42.3 Å². The predicted octanol–water partition coefficient (Wildman–Crippen LogP) is 0.703. The molecule has 0 aromatic carbocycles. The van der Waals surface area contributed by atoms with Gasteiger partial charge >= 0.3 is 14.6 Å². The van der Waals surface area contributed by atoms with Gasteiger partial charge in [-0.2, -0.15) is 4.98 Å². The molecule has 1 aliphatic heterocycles. The fourth-order valence-corrected chi connectivity index (χ4v) is 10.8. The average molecular weight is 727 g/mol. The van der Waals surface area contributed by atoms with Gasteiger partial charge < -0.3 is 40.2 Å². The summed E-state index contributed by atoms with van der Waals surface area (Å²) < 4.78 is 53.9. The van der Waals surface area contributed by atoms with Gasteiger partial charge in [-0.3, -0.25) is 23.3 Å². The fraction of sp³-hybridized carbons (Fsp3) is 0.600. The van der Waals surface area contributed by atoms with E-state index in [4.69, 9.17) is 29.6 Å². The van der Waals surface area contributed by atoms with Crippen LogP contribution in [0.1, 0.15) is 38.8 Å². The largest absolute Gasteiger partial charge is 0.472 e. The number of hydrogen-bond acceptors (Lipinski definition) is 16. The molecule has 11 atom stereocenters. The number of phosphoric acid groups is 1. The van der Waals surface area contributed by atoms with Crippen LogP contribution in [-0.2, 0) is 27.2 Å². The molecule has 1 unspecified atom stereocenters. The minimum atomic E-state index is -4.98. The van der Waals surface area contributed by atoms with Crippen molar-refractivity contribution in [3.8, 4) is 0 Å². The van der Waals surface area contributed by atoms with Gasteiger partial charge in [0.2, 0.25) is 5.95 Å². The Morgan fingerprint density at radius 2 is 1.75 bits per heavy atom. The van der Waals surface area contributed by atoms with Gasteiger partial charge in [-0.05, 0) is 25.7 Å². The molecule has 1 saturated heterocycles. The Morgan fingerprint density at radius 3 is 2.52 bits per heavy atom. The molecule has 48 heavy (non-hydrogen) atoms. The van der Waals surface area contributed by atoms with Crippen LogP contribution < -0.4 is 17.0 Å². The molecule has 4 aromatic heterocycles. The number of rotatable bonds is 2. The number of aromatic amines is 1. The summed E-state index contributed by atoms with van der Waals surface area (Å²) in [6, 6.07) is -1.67. The molecule has 4 fully saturated rings. The zero-order valence-electron chi connectivity index (χ0n) is 25.4. The van der Waals surface area contributed by atoms with Crippen LogP contribution in [0.4, 0.5) is 11.8 Å². The van der Waals surface area contributed by atoms with E-state index >= 15 is 0 Å². The molecule has 5 heterocycles. The van der Waals surface area contributed by atoms with Crippen LogP contribution in [0.25, 0.3) is 22.3 Å². The number of aromatic nitrogens is 8. The van der Waals surface area contributed by atoms with Crippen molar-refractivity contribution in [3.63, 3.8) is 0 Å². The third kappa shape index (κ3) is 4.57. The Morgan fingerprint density at radius 1 is 1.02 bits per heavy atom. The first kappa shape index (κ1) is 32.2. The lowest BCUT2D eigenvalue weighted by molar-refractivity contribution is -0.120. The lowest BCUT2D eigenvalue weighted by Crippen LogP contribution is -2.51. The van der Waals surface area contributed by atoms with E-state index in [1.807, 2.05) is 0 Å². The van der Waals surface area contributed by atoms with Crippen LogP contribution >= 0.6 is 26.9 Å². The Balaban J connectivity index is 1.15. The molecule has 23 heteroatoms. The fourth-order valence-electron chi connectivity index (χ4n) is 7.93. The molecule has 8 rings (SSSR count). The van der Waals surface area contributed by atoms with Crippen molar-refractivity contribution in [2.45, 2.75) is 62.7 Å². The highest BCUT2D eigenvalue weighted by Crippen LogP contribution is 2.74. The van der Waals surface area contributed by atoms with E-state index in [1.54, 1.807) is 11.5 Å². The quantitative estimate of drug-likeness (QED) is 0.110. The van der Waals surface area contributed by atoms with Gasteiger partial charge in [-0.25, -0.2) is 29.1 Å². The van der Waals surface area contributed by atoms with E-state index in [0.29, 0.717) is 17.6 Å². The standard InChI is InChI=1S/C25H32N10O10P2S/c1-23-4-11(34-8-31-13-20(34)32-22(27)33-21(13)38)16(37)24(23,2)45-46(39,40)42-6-25-3-10(25)14(15(36)17(25)44-47(41,48)43-5-23)35-9-30-12-18(26)28-7-29-19(12)35/h7-11,14-17,36-37H,3-6H2,1-2H3,(H,39,40)(H,41,48)(H2,26,28,29)(H3,27,32,33,38)/t10-,11-,14-,15+,16+,17+,23-,24-,25+,47+/m1/s1. The summed E-state index contributed by atoms with van der Waals surface area (Å²) in [7, 11) is -4.98. The van der Waals surface area contributed by atoms with Gasteiger partial charge in [-0.15, -0.1) is 0 Å². The smallest absolute Gasteiger partial charge is 0.388 e. The summed E-state index contributed by atoms with van der Waals surface area (Å²) in [5.74, 6) is -0.456. The van der Waals surface area contributed by atoms with Crippen molar-refractivity contribution >= 4 is 61.0 Å². The minimum absolute atomic E-state index is 0.0167. The van der Waals surface area contributed by atoms with Crippen molar-refractivity contribution in [2.75, 3.05) is 24.7 Å². The maximum Gasteiger partial charge on any atom is 0.472 e. The summed E-state index contributed by atoms with van der Waals surface area (Å²) in [6.45, 7) is -2.18. The summed E-state index contributed by atoms with van der Waals surface area (Å²) in [6.07, 6.45) is 0.218. The van der Waals surface area contributed by atoms with Crippen LogP contribution in [0.3, 0.4) is 0 Å². The summed E-state index contributed by atoms with van der Waals surface area (Å²) in [5, 5.41) is 23.4. The normalized spacial score (nSPS) is 43.0. The summed E-state index contributed by atoms with van der Waals surface area (Å²) in [4.78, 5) is 46.7. The van der Waals surface area contributed by atoms with Crippen molar-refractivity contribution in [3.05, 3.63) is 29.3 Å². The molecule has 0 amide bonds. The predicted molar refractivity (Wildman–Crippen MR) is 168 cm³/mol. The van der Waals surface area contributed by atoms with Crippen LogP contribution in [0.2, 0.25) is 0 Å². The second-order valence-corrected chi connectivity index (χ2v) is 17.6. The maximum absolute atomic E-state index is 13.9. The second-order valence-electron chi connectivity index (χ2n) is 13.4. The van der Waals surface area contributed by atoms with Crippen molar-refractivity contribution in [1.29, 1.82) is 0 Å². The number of phosphoric ester groups is 1. The third-order valence-electron chi connectivity index (χ3n) is 10.7. The highest BCUT2D eigenvalue weighted by atomic mass is 32.7. The summed E-state index contributed by atoms with van der Waals surface area (Å²) >= 11 is 4.26. The number of imidazole rings is 2. The Hall–Kier alpha value is -2.97. The molecule has 4 aliphatic rings. The van der Waals surface area contributed by atoms with E-state index in [9.17, 15) is 29.0 Å². The number of nitrogens with two attached hydrogens (primary N) is 2. The van der Waals surface area contributed by atoms with Gasteiger partial charge in [0.25, 0.3) is 5.56 Å². The SMILES string of the molecule is C[C@@]12CO[P@](=O)(S)O[C@H]3[C@@H](O)[C@H](n4cnc5c(N)ncnc54)[C@H]4C[C@]43COP(=O)(O)O[C@]1(C)[C@@H](O)[C@H](n1cnc3c(=O)[nH]c(N)nc31)C2. The zero-order valence-corrected chi connectivity index (χ0v) is 28.0. The van der Waals surface area contributed by atoms with Crippen molar-refractivity contribution in [1.82, 2.24) is 39.0 Å². The molecule has 258 valence electrons. The second kappa shape index (κ2) is 10.3. The molecule has 1 spiro atoms. The molecule has 20 nitrogen and oxygen atoms in total. The van der Waals surface area contributed by atoms with Crippen molar-refractivity contribution in [2.24, 2.45) is 16.7 Å². The number of hydrogen-bond donors (Lipinski definition) is 7. The number of nitrogens with zero attached hydrogens (tertiary/aromatic N) is 7. The van der Waals surface area contributed by atoms with Gasteiger partial charge in [0, 0.05) is 10.8 Å². The first-order chi connectivity index (χ1) is 22.5. The van der Waals surface area contributed by atoms with Gasteiger partial charge in [-0.1, -0.05) is 19.2 Å². The molecule has 3 aliphatic carbocycles. The van der Waals surface area contributed by atoms with Crippen LogP contribution in [0, 0.1) is 16.7 Å². The van der Waals surface area contributed by atoms with E-state index < -0.39 is 86.1 Å². The number of fused-ring (bicyclic) bond motifs is 3. The molecule has 8 N–H and O–H groups in total. The Labute approximate surface area is 275 Å².